The molecule has 5 fully saturated rings. The Morgan fingerprint density at radius 3 is 1.30 bits per heavy atom. The molecule has 3 saturated carbocycles. The molecule has 3 aliphatic carbocycles. The molecule has 8 heterocycles. The van der Waals surface area contributed by atoms with E-state index in [0.717, 1.165) is 77.3 Å². The zero-order valence-corrected chi connectivity index (χ0v) is 57.9. The van der Waals surface area contributed by atoms with Crippen LogP contribution in [0.1, 0.15) is 134 Å². The van der Waals surface area contributed by atoms with Gasteiger partial charge in [-0.1, -0.05) is 12.8 Å². The van der Waals surface area contributed by atoms with Gasteiger partial charge in [0.2, 0.25) is 0 Å². The lowest BCUT2D eigenvalue weighted by Gasteiger charge is -2.34. The number of fused-ring (bicyclic) bond motifs is 3. The molecule has 5 aliphatic rings. The lowest BCUT2D eigenvalue weighted by atomic mass is 10.00. The minimum absolute atomic E-state index is 0.0123. The number of esters is 1. The van der Waals surface area contributed by atoms with E-state index in [1.54, 1.807) is 64.6 Å². The van der Waals surface area contributed by atoms with E-state index in [2.05, 4.69) is 29.9 Å². The molecule has 9 aromatic rings. The van der Waals surface area contributed by atoms with E-state index in [9.17, 15) is 49.9 Å². The monoisotopic (exact) mass is 1450 g/mol. The average Bonchev–Trinajstić information content (AvgIpc) is 1.38. The molecular weight excluding hydrogens is 1370 g/mol. The van der Waals surface area contributed by atoms with E-state index < -0.39 is 25.7 Å². The normalized spacial score (nSPS) is 16.8. The minimum atomic E-state index is -3.10. The van der Waals surface area contributed by atoms with Crippen LogP contribution in [0.2, 0.25) is 0 Å². The van der Waals surface area contributed by atoms with Crippen LogP contribution in [0.5, 0.6) is 46.0 Å². The number of halogens is 7. The summed E-state index contributed by atoms with van der Waals surface area (Å²) in [5.41, 5.74) is 5.01. The number of carbonyl (C=O) groups is 4. The third kappa shape index (κ3) is 18.5. The molecule has 0 spiro atoms. The fraction of sp³-hybridized carbons (Fsp3) is 0.434. The van der Waals surface area contributed by atoms with Crippen molar-refractivity contribution in [2.75, 3.05) is 60.8 Å². The summed E-state index contributed by atoms with van der Waals surface area (Å²) < 4.78 is 146. The van der Waals surface area contributed by atoms with Crippen LogP contribution in [0.4, 0.5) is 30.7 Å². The summed E-state index contributed by atoms with van der Waals surface area (Å²) in [7, 11) is 4.18. The van der Waals surface area contributed by atoms with E-state index in [-0.39, 0.29) is 112 Å². The van der Waals surface area contributed by atoms with Gasteiger partial charge in [-0.3, -0.25) is 37.3 Å². The number of ketones is 3. The van der Waals surface area contributed by atoms with Crippen LogP contribution in [-0.2, 0) is 9.53 Å². The Balaban J connectivity index is 0.000000149. The molecule has 28 heteroatoms. The number of piperidine rings is 2. The van der Waals surface area contributed by atoms with Crippen LogP contribution >= 0.6 is 0 Å². The second-order valence-corrected chi connectivity index (χ2v) is 26.4. The first-order valence-corrected chi connectivity index (χ1v) is 34.9. The maximum absolute atomic E-state index is 13.4. The summed E-state index contributed by atoms with van der Waals surface area (Å²) in [6, 6.07) is 19.4. The van der Waals surface area contributed by atoms with Gasteiger partial charge >= 0.3 is 25.8 Å². The van der Waals surface area contributed by atoms with Crippen molar-refractivity contribution in [3.63, 3.8) is 0 Å². The lowest BCUT2D eigenvalue weighted by Crippen LogP contribution is -2.46. The van der Waals surface area contributed by atoms with Crippen molar-refractivity contribution in [1.29, 1.82) is 0 Å². The number of carbonyl (C=O) groups excluding carboxylic acids is 4. The molecule has 104 heavy (non-hydrogen) atoms. The Labute approximate surface area is 594 Å². The van der Waals surface area contributed by atoms with Crippen molar-refractivity contribution >= 4 is 40.3 Å². The summed E-state index contributed by atoms with van der Waals surface area (Å²) >= 11 is 0. The van der Waals surface area contributed by atoms with Gasteiger partial charge in [0, 0.05) is 84.8 Å². The van der Waals surface area contributed by atoms with Crippen molar-refractivity contribution in [2.24, 2.45) is 17.8 Å². The molecule has 14 rings (SSSR count). The number of alkyl halides is 6. The maximum Gasteiger partial charge on any atom is 0.387 e. The van der Waals surface area contributed by atoms with Gasteiger partial charge in [-0.25, -0.2) is 19.3 Å². The van der Waals surface area contributed by atoms with Crippen molar-refractivity contribution in [3.05, 3.63) is 132 Å². The number of likely N-dealkylation sites (tertiary alicyclic amines) is 1. The number of rotatable bonds is 30. The quantitative estimate of drug-likeness (QED) is 0.0251. The van der Waals surface area contributed by atoms with E-state index in [1.165, 1.54) is 76.9 Å². The van der Waals surface area contributed by atoms with Crippen LogP contribution in [0.15, 0.2) is 110 Å². The van der Waals surface area contributed by atoms with Gasteiger partial charge < -0.3 is 47.9 Å². The Kier molecular flexibility index (Phi) is 23.9. The van der Waals surface area contributed by atoms with Gasteiger partial charge in [-0.15, -0.1) is 0 Å². The number of ether oxygens (including phenoxy) is 9. The van der Waals surface area contributed by atoms with Gasteiger partial charge in [0.1, 0.15) is 98.7 Å². The first-order chi connectivity index (χ1) is 50.3. The topological polar surface area (TPSA) is 219 Å². The summed E-state index contributed by atoms with van der Waals surface area (Å²) in [5, 5.41) is 3.46. The van der Waals surface area contributed by atoms with Crippen molar-refractivity contribution in [1.82, 2.24) is 38.4 Å². The number of aromatic nitrogens is 6. The standard InChI is InChI=1S/C30H35F2N3O6.C26H29F2N3O4.C20H17F3N2O3/c1-3-39-28(37)17-34-10-5-4-6-21(34)18-40-22-9-11-35-23(16-33-27(35)15-22)20-13-25(38-2)29(24(36)12-19-7-8-19)26(14-20)41-30(31)32;1-33-22-11-17(12-23(35-26(27)28)25(22)21(32)10-16-5-6-16)20-14-30-24-13-19(7-9-31(20)24)34-15-18-4-2-3-8-29-18;1-27-16-7-12(14-10-24-18-9-13(21)4-5-25(14)18)8-17(28-20(22)23)19(16)15(26)6-11-2-3-11/h9,11,13-16,19,21,30H,3-8,10,12,17-18H2,1-2H3;7,9,11-14,16,18,26,29H,2-6,8,10,15H2,1H3;4-5,7-11,20H,2-3,6H2,1H3. The van der Waals surface area contributed by atoms with Gasteiger partial charge in [0.25, 0.3) is 0 Å². The third-order valence-electron chi connectivity index (χ3n) is 18.9. The number of hydrogen-bond acceptors (Lipinski definition) is 18. The number of benzene rings is 3. The van der Waals surface area contributed by atoms with Crippen LogP contribution in [-0.4, -0.2) is 149 Å². The van der Waals surface area contributed by atoms with Crippen molar-refractivity contribution in [3.8, 4) is 79.8 Å². The fourth-order valence-corrected chi connectivity index (χ4v) is 13.1. The lowest BCUT2D eigenvalue weighted by molar-refractivity contribution is -0.145. The highest BCUT2D eigenvalue weighted by Crippen LogP contribution is 2.45. The largest absolute Gasteiger partial charge is 0.496 e. The van der Waals surface area contributed by atoms with E-state index in [0.29, 0.717) is 100 Å². The highest BCUT2D eigenvalue weighted by Gasteiger charge is 2.34. The molecule has 0 bridgehead atoms. The Morgan fingerprint density at radius 2 is 0.904 bits per heavy atom. The third-order valence-corrected chi connectivity index (χ3v) is 18.9. The molecular formula is C76H81F7N8O13. The van der Waals surface area contributed by atoms with Crippen LogP contribution in [0, 0.1) is 23.6 Å². The molecule has 2 saturated heterocycles. The molecule has 0 radical (unpaired) electrons. The van der Waals surface area contributed by atoms with Crippen molar-refractivity contribution in [2.45, 2.75) is 135 Å². The summed E-state index contributed by atoms with van der Waals surface area (Å²) in [6.45, 7) is -4.01. The summed E-state index contributed by atoms with van der Waals surface area (Å²) in [6.07, 6.45) is 23.0. The van der Waals surface area contributed by atoms with Gasteiger partial charge in [0.15, 0.2) is 17.3 Å². The second-order valence-electron chi connectivity index (χ2n) is 26.4. The second kappa shape index (κ2) is 33.7. The van der Waals surface area contributed by atoms with E-state index in [4.69, 9.17) is 37.9 Å². The van der Waals surface area contributed by atoms with Gasteiger partial charge in [-0.05, 0) is 157 Å². The molecule has 21 nitrogen and oxygen atoms in total. The smallest absolute Gasteiger partial charge is 0.387 e. The predicted octanol–water partition coefficient (Wildman–Crippen LogP) is 15.2. The van der Waals surface area contributed by atoms with Crippen LogP contribution in [0.3, 0.4) is 0 Å². The number of Topliss-reactive ketones (excluding diaryl/α,β-unsaturated/α-hetero) is 3. The summed E-state index contributed by atoms with van der Waals surface area (Å²) in [4.78, 5) is 65.7. The molecule has 2 atom stereocenters. The minimum Gasteiger partial charge on any atom is -0.496 e. The molecule has 2 unspecified atom stereocenters. The number of nitrogens with one attached hydrogen (secondary N) is 1. The first kappa shape index (κ1) is 73.8. The zero-order valence-electron chi connectivity index (χ0n) is 57.9. The van der Waals surface area contributed by atoms with Gasteiger partial charge in [0.05, 0.1) is 70.2 Å². The maximum atomic E-state index is 13.4. The van der Waals surface area contributed by atoms with Crippen molar-refractivity contribution < 1.29 is 92.5 Å². The van der Waals surface area contributed by atoms with Gasteiger partial charge in [-0.2, -0.15) is 26.3 Å². The van der Waals surface area contributed by atoms with Crippen LogP contribution < -0.4 is 43.2 Å². The van der Waals surface area contributed by atoms with E-state index >= 15 is 0 Å². The van der Waals surface area contributed by atoms with E-state index in [1.807, 2.05) is 22.7 Å². The number of nitrogens with zero attached hydrogens (tertiary/aromatic N) is 7. The molecule has 552 valence electrons. The Morgan fingerprint density at radius 1 is 0.500 bits per heavy atom. The number of hydrogen-bond donors (Lipinski definition) is 1. The highest BCUT2D eigenvalue weighted by molar-refractivity contribution is 6.04. The SMILES string of the molecule is CCOC(=O)CN1CCCCC1COc1ccn2c(-c3cc(OC)c(C(=O)CC4CC4)c(OC(F)F)c3)cnc2c1.COc1cc(-c2cnc3cc(F)ccn23)cc(OC(F)F)c1C(=O)CC1CC1.COc1cc(-c2cnc3cc(OCC4CCCCN4)ccn23)cc(OC(F)F)c1C(=O)CC1CC1. The zero-order chi connectivity index (χ0) is 73.1. The molecule has 0 amide bonds. The van der Waals surface area contributed by atoms with Crippen LogP contribution in [0.25, 0.3) is 50.7 Å². The number of methoxy groups -OCH3 is 3. The molecule has 2 aliphatic heterocycles. The fourth-order valence-electron chi connectivity index (χ4n) is 13.1. The highest BCUT2D eigenvalue weighted by atomic mass is 19.3. The predicted molar refractivity (Wildman–Crippen MR) is 369 cm³/mol. The Hall–Kier alpha value is -9.96. The number of imidazole rings is 3. The first-order valence-electron chi connectivity index (χ1n) is 34.9. The molecule has 3 aromatic carbocycles. The average molecular weight is 1450 g/mol. The molecule has 6 aromatic heterocycles. The molecule has 1 N–H and O–H groups in total. The summed E-state index contributed by atoms with van der Waals surface area (Å²) in [5.74, 6) is 0.602. The number of pyridine rings is 3. The Bertz CT molecular complexity index is 4530.